The van der Waals surface area contributed by atoms with Crippen molar-refractivity contribution in [3.8, 4) is 5.88 Å². The SMILES string of the molecule is Cl.O=S(=O)(O)c1ccc(O)nc1F. The third-order valence-electron chi connectivity index (χ3n) is 1.08. The Bertz CT molecular complexity index is 407. The normalized spacial score (nSPS) is 10.6. The second kappa shape index (κ2) is 3.86. The van der Waals surface area contributed by atoms with E-state index < -0.39 is 26.8 Å². The molecule has 8 heteroatoms. The smallest absolute Gasteiger partial charge is 0.299 e. The summed E-state index contributed by atoms with van der Waals surface area (Å²) >= 11 is 0. The first-order valence-electron chi connectivity index (χ1n) is 2.74. The van der Waals surface area contributed by atoms with Crippen molar-refractivity contribution in [1.29, 1.82) is 0 Å². The molecular formula is C5H5ClFNO4S. The summed E-state index contributed by atoms with van der Waals surface area (Å²) in [6.45, 7) is 0. The van der Waals surface area contributed by atoms with Gasteiger partial charge in [0.2, 0.25) is 11.8 Å². The van der Waals surface area contributed by atoms with Gasteiger partial charge >= 0.3 is 0 Å². The lowest BCUT2D eigenvalue weighted by molar-refractivity contribution is 0.423. The third-order valence-corrected chi connectivity index (χ3v) is 1.94. The Morgan fingerprint density at radius 1 is 1.38 bits per heavy atom. The Labute approximate surface area is 79.4 Å². The summed E-state index contributed by atoms with van der Waals surface area (Å²) in [7, 11) is -4.60. The maximum Gasteiger partial charge on any atom is 0.299 e. The summed E-state index contributed by atoms with van der Waals surface area (Å²) in [4.78, 5) is 1.83. The van der Waals surface area contributed by atoms with Gasteiger partial charge in [0, 0.05) is 6.07 Å². The molecular weight excluding hydrogens is 225 g/mol. The molecule has 0 saturated heterocycles. The van der Waals surface area contributed by atoms with Crippen LogP contribution in [0.2, 0.25) is 0 Å². The molecule has 0 aromatic carbocycles. The van der Waals surface area contributed by atoms with Crippen LogP contribution in [0.3, 0.4) is 0 Å². The van der Waals surface area contributed by atoms with Gasteiger partial charge in [-0.05, 0) is 6.07 Å². The predicted octanol–water partition coefficient (Wildman–Crippen LogP) is 0.595. The van der Waals surface area contributed by atoms with Gasteiger partial charge in [0.05, 0.1) is 0 Å². The van der Waals surface area contributed by atoms with Gasteiger partial charge in [-0.15, -0.1) is 12.4 Å². The van der Waals surface area contributed by atoms with E-state index in [4.69, 9.17) is 9.66 Å². The van der Waals surface area contributed by atoms with Crippen LogP contribution in [0.25, 0.3) is 0 Å². The zero-order valence-corrected chi connectivity index (χ0v) is 7.64. The van der Waals surface area contributed by atoms with Crippen molar-refractivity contribution in [2.24, 2.45) is 0 Å². The van der Waals surface area contributed by atoms with E-state index in [0.717, 1.165) is 6.07 Å². The largest absolute Gasteiger partial charge is 0.493 e. The average Bonchev–Trinajstić information content (AvgIpc) is 1.83. The molecule has 0 fully saturated rings. The molecule has 0 radical (unpaired) electrons. The summed E-state index contributed by atoms with van der Waals surface area (Å²) in [6.07, 6.45) is 0. The van der Waals surface area contributed by atoms with E-state index in [-0.39, 0.29) is 12.4 Å². The van der Waals surface area contributed by atoms with E-state index >= 15 is 0 Å². The molecule has 0 unspecified atom stereocenters. The Kier molecular flexibility index (Phi) is 3.59. The fourth-order valence-corrected chi connectivity index (χ4v) is 1.10. The summed E-state index contributed by atoms with van der Waals surface area (Å²) < 4.78 is 41.6. The number of hydrogen-bond acceptors (Lipinski definition) is 4. The van der Waals surface area contributed by atoms with Crippen molar-refractivity contribution in [2.75, 3.05) is 0 Å². The molecule has 0 spiro atoms. The van der Waals surface area contributed by atoms with Crippen molar-refractivity contribution in [1.82, 2.24) is 4.98 Å². The van der Waals surface area contributed by atoms with Gasteiger partial charge in [-0.25, -0.2) is 0 Å². The molecule has 0 amide bonds. The van der Waals surface area contributed by atoms with E-state index in [1.54, 1.807) is 0 Å². The molecule has 2 N–H and O–H groups in total. The minimum Gasteiger partial charge on any atom is -0.493 e. The van der Waals surface area contributed by atoms with Gasteiger partial charge in [0.1, 0.15) is 4.90 Å². The molecule has 0 atom stereocenters. The molecule has 74 valence electrons. The van der Waals surface area contributed by atoms with Crippen molar-refractivity contribution in [3.05, 3.63) is 18.1 Å². The molecule has 0 bridgehead atoms. The number of halogens is 2. The predicted molar refractivity (Wildman–Crippen MR) is 42.9 cm³/mol. The third kappa shape index (κ3) is 2.79. The van der Waals surface area contributed by atoms with Crippen LogP contribution >= 0.6 is 12.4 Å². The standard InChI is InChI=1S/C5H4FNO4S.ClH/c6-5-3(12(9,10)11)1-2-4(8)7-5;/h1-2H,(H,7,8)(H,9,10,11);1H. The lowest BCUT2D eigenvalue weighted by Crippen LogP contribution is -2.02. The molecule has 5 nitrogen and oxygen atoms in total. The monoisotopic (exact) mass is 229 g/mol. The zero-order valence-electron chi connectivity index (χ0n) is 6.01. The number of rotatable bonds is 1. The van der Waals surface area contributed by atoms with E-state index in [0.29, 0.717) is 6.07 Å². The van der Waals surface area contributed by atoms with Gasteiger partial charge in [-0.3, -0.25) is 4.55 Å². The van der Waals surface area contributed by atoms with E-state index in [9.17, 15) is 12.8 Å². The molecule has 1 aromatic rings. The molecule has 1 rings (SSSR count). The Hall–Kier alpha value is -0.920. The second-order valence-corrected chi connectivity index (χ2v) is 3.32. The van der Waals surface area contributed by atoms with Crippen LogP contribution < -0.4 is 0 Å². The topological polar surface area (TPSA) is 87.5 Å². The first-order chi connectivity index (χ1) is 5.41. The number of aromatic hydroxyl groups is 1. The van der Waals surface area contributed by atoms with E-state index in [2.05, 4.69) is 4.98 Å². The van der Waals surface area contributed by atoms with E-state index in [1.165, 1.54) is 0 Å². The lowest BCUT2D eigenvalue weighted by atomic mass is 10.5. The van der Waals surface area contributed by atoms with Crippen molar-refractivity contribution >= 4 is 22.5 Å². The molecule has 0 aliphatic rings. The van der Waals surface area contributed by atoms with E-state index in [1.807, 2.05) is 0 Å². The van der Waals surface area contributed by atoms with Crippen LogP contribution in [0.15, 0.2) is 17.0 Å². The number of nitrogens with zero attached hydrogens (tertiary/aromatic N) is 1. The molecule has 0 aliphatic heterocycles. The van der Waals surface area contributed by atoms with Crippen LogP contribution in [-0.4, -0.2) is 23.1 Å². The summed E-state index contributed by atoms with van der Waals surface area (Å²) in [5, 5.41) is 8.58. The summed E-state index contributed by atoms with van der Waals surface area (Å²) in [6, 6.07) is 1.57. The Morgan fingerprint density at radius 2 is 1.92 bits per heavy atom. The highest BCUT2D eigenvalue weighted by Gasteiger charge is 2.16. The van der Waals surface area contributed by atoms with Gasteiger partial charge in [0.25, 0.3) is 10.1 Å². The minimum absolute atomic E-state index is 0. The van der Waals surface area contributed by atoms with Crippen LogP contribution in [0.4, 0.5) is 4.39 Å². The average molecular weight is 230 g/mol. The number of hydrogen-bond donors (Lipinski definition) is 2. The fourth-order valence-electron chi connectivity index (χ4n) is 0.604. The van der Waals surface area contributed by atoms with Crippen molar-refractivity contribution in [2.45, 2.75) is 4.90 Å². The first kappa shape index (κ1) is 12.1. The first-order valence-corrected chi connectivity index (χ1v) is 4.18. The number of pyridine rings is 1. The maximum absolute atomic E-state index is 12.5. The Balaban J connectivity index is 0.00000144. The molecule has 0 aliphatic carbocycles. The van der Waals surface area contributed by atoms with Crippen LogP contribution in [0.1, 0.15) is 0 Å². The highest BCUT2D eigenvalue weighted by molar-refractivity contribution is 7.85. The number of aromatic nitrogens is 1. The molecule has 1 aromatic heterocycles. The minimum atomic E-state index is -4.60. The quantitative estimate of drug-likeness (QED) is 0.544. The molecule has 13 heavy (non-hydrogen) atoms. The van der Waals surface area contributed by atoms with Crippen LogP contribution in [0.5, 0.6) is 5.88 Å². The van der Waals surface area contributed by atoms with Gasteiger partial charge < -0.3 is 5.11 Å². The van der Waals surface area contributed by atoms with Crippen molar-refractivity contribution < 1.29 is 22.5 Å². The Morgan fingerprint density at radius 3 is 2.31 bits per heavy atom. The van der Waals surface area contributed by atoms with Gasteiger partial charge in [-0.1, -0.05) is 0 Å². The van der Waals surface area contributed by atoms with Gasteiger partial charge in [0.15, 0.2) is 0 Å². The maximum atomic E-state index is 12.5. The zero-order chi connectivity index (χ0) is 9.35. The van der Waals surface area contributed by atoms with Crippen LogP contribution in [-0.2, 0) is 10.1 Å². The molecule has 1 heterocycles. The fraction of sp³-hybridized carbons (Fsp3) is 0. The lowest BCUT2D eigenvalue weighted by Gasteiger charge is -1.97. The highest BCUT2D eigenvalue weighted by Crippen LogP contribution is 2.14. The second-order valence-electron chi connectivity index (χ2n) is 1.93. The summed E-state index contributed by atoms with van der Waals surface area (Å²) in [5.41, 5.74) is 0. The van der Waals surface area contributed by atoms with Crippen LogP contribution in [0, 0.1) is 5.95 Å². The van der Waals surface area contributed by atoms with Gasteiger partial charge in [-0.2, -0.15) is 17.8 Å². The highest BCUT2D eigenvalue weighted by atomic mass is 35.5. The van der Waals surface area contributed by atoms with Crippen molar-refractivity contribution in [3.63, 3.8) is 0 Å². The molecule has 0 saturated carbocycles. The summed E-state index contributed by atoms with van der Waals surface area (Å²) in [5.74, 6) is -2.09.